The molecule has 21 heavy (non-hydrogen) atoms. The van der Waals surface area contributed by atoms with Gasteiger partial charge in [-0.25, -0.2) is 0 Å². The van der Waals surface area contributed by atoms with Gasteiger partial charge < -0.3 is 10.6 Å². The molecule has 0 bridgehead atoms. The molecule has 0 amide bonds. The maximum Gasteiger partial charge on any atom is 0.191 e. The van der Waals surface area contributed by atoms with Crippen LogP contribution in [0, 0.1) is 0 Å². The van der Waals surface area contributed by atoms with Crippen LogP contribution in [0.4, 0.5) is 0 Å². The fourth-order valence-corrected chi connectivity index (χ4v) is 4.23. The van der Waals surface area contributed by atoms with Crippen LogP contribution in [-0.2, 0) is 0 Å². The number of thioether (sulfide) groups is 1. The van der Waals surface area contributed by atoms with Gasteiger partial charge in [0.2, 0.25) is 0 Å². The van der Waals surface area contributed by atoms with E-state index < -0.39 is 0 Å². The van der Waals surface area contributed by atoms with Crippen molar-refractivity contribution in [1.82, 2.24) is 10.6 Å². The zero-order valence-electron chi connectivity index (χ0n) is 12.8. The maximum atomic E-state index is 4.72. The highest BCUT2D eigenvalue weighted by Crippen LogP contribution is 2.25. The molecule has 3 nitrogen and oxygen atoms in total. The second kappa shape index (κ2) is 10.7. The molecule has 2 N–H and O–H groups in total. The molecule has 2 atom stereocenters. The van der Waals surface area contributed by atoms with Gasteiger partial charge in [-0.15, -0.1) is 35.3 Å². The van der Waals surface area contributed by atoms with Crippen molar-refractivity contribution in [3.63, 3.8) is 0 Å². The van der Waals surface area contributed by atoms with Gasteiger partial charge in [0, 0.05) is 29.1 Å². The van der Waals surface area contributed by atoms with E-state index in [0.717, 1.165) is 30.8 Å². The fraction of sp³-hybridized carbons (Fsp3) is 0.667. The molecule has 1 aromatic rings. The summed E-state index contributed by atoms with van der Waals surface area (Å²) in [7, 11) is 0. The topological polar surface area (TPSA) is 36.4 Å². The Morgan fingerprint density at radius 1 is 1.48 bits per heavy atom. The van der Waals surface area contributed by atoms with E-state index in [0.29, 0.717) is 5.92 Å². The molecule has 1 saturated heterocycles. The summed E-state index contributed by atoms with van der Waals surface area (Å²) in [6, 6.07) is 4.31. The summed E-state index contributed by atoms with van der Waals surface area (Å²) in [5, 5.41) is 9.72. The summed E-state index contributed by atoms with van der Waals surface area (Å²) in [5.74, 6) is 2.77. The lowest BCUT2D eigenvalue weighted by molar-refractivity contribution is 0.717. The van der Waals surface area contributed by atoms with Crippen molar-refractivity contribution in [3.8, 4) is 0 Å². The largest absolute Gasteiger partial charge is 0.357 e. The Kier molecular flexibility index (Phi) is 9.75. The zero-order chi connectivity index (χ0) is 14.2. The van der Waals surface area contributed by atoms with Crippen LogP contribution in [0.3, 0.4) is 0 Å². The normalized spacial score (nSPS) is 19.9. The average Bonchev–Trinajstić information content (AvgIpc) is 3.13. The van der Waals surface area contributed by atoms with Crippen molar-refractivity contribution in [2.75, 3.05) is 25.4 Å². The predicted octanol–water partition coefficient (Wildman–Crippen LogP) is 3.92. The standard InChI is InChI=1S/C15H25N3S2.HI/c1-3-16-15(18-11-13-6-4-8-19-13)17-10-12(2)14-7-5-9-20-14;/h5,7,9,12-13H,3-4,6,8,10-11H2,1-2H3,(H2,16,17,18);1H. The lowest BCUT2D eigenvalue weighted by atomic mass is 10.1. The Labute approximate surface area is 153 Å². The second-order valence-electron chi connectivity index (χ2n) is 5.15. The van der Waals surface area contributed by atoms with E-state index in [1.807, 2.05) is 11.3 Å². The van der Waals surface area contributed by atoms with Crippen LogP contribution < -0.4 is 10.6 Å². The lowest BCUT2D eigenvalue weighted by Gasteiger charge is -2.15. The number of halogens is 1. The first kappa shape index (κ1) is 19.1. The van der Waals surface area contributed by atoms with Crippen LogP contribution in [0.15, 0.2) is 22.5 Å². The molecule has 1 fully saturated rings. The minimum absolute atomic E-state index is 0. The first-order valence-corrected chi connectivity index (χ1v) is 9.39. The minimum Gasteiger partial charge on any atom is -0.357 e. The molecule has 2 unspecified atom stereocenters. The lowest BCUT2D eigenvalue weighted by Crippen LogP contribution is -2.40. The Hall–Kier alpha value is 0.0500. The smallest absolute Gasteiger partial charge is 0.191 e. The van der Waals surface area contributed by atoms with Gasteiger partial charge in [-0.1, -0.05) is 13.0 Å². The summed E-state index contributed by atoms with van der Waals surface area (Å²) in [5.41, 5.74) is 0. The van der Waals surface area contributed by atoms with Gasteiger partial charge >= 0.3 is 0 Å². The molecule has 0 radical (unpaired) electrons. The van der Waals surface area contributed by atoms with Crippen LogP contribution in [0.1, 0.15) is 37.5 Å². The van der Waals surface area contributed by atoms with Crippen LogP contribution in [0.5, 0.6) is 0 Å². The molecule has 1 aliphatic heterocycles. The highest BCUT2D eigenvalue weighted by Gasteiger charge is 2.15. The SMILES string of the molecule is CCNC(=NCC(C)c1cccs1)NCC1CCCS1.I. The Morgan fingerprint density at radius 2 is 2.33 bits per heavy atom. The average molecular weight is 439 g/mol. The molecule has 0 spiro atoms. The Morgan fingerprint density at radius 3 is 2.95 bits per heavy atom. The van der Waals surface area contributed by atoms with Gasteiger partial charge in [0.15, 0.2) is 5.96 Å². The second-order valence-corrected chi connectivity index (χ2v) is 7.54. The number of aliphatic imine (C=N–C) groups is 1. The summed E-state index contributed by atoms with van der Waals surface area (Å²) in [6.45, 7) is 7.14. The minimum atomic E-state index is 0. The molecule has 0 saturated carbocycles. The van der Waals surface area contributed by atoms with E-state index in [2.05, 4.69) is 53.8 Å². The van der Waals surface area contributed by atoms with Crippen molar-refractivity contribution in [2.24, 2.45) is 4.99 Å². The molecule has 1 aromatic heterocycles. The van der Waals surface area contributed by atoms with Crippen molar-refractivity contribution in [3.05, 3.63) is 22.4 Å². The summed E-state index contributed by atoms with van der Waals surface area (Å²) < 4.78 is 0. The molecule has 2 heterocycles. The van der Waals surface area contributed by atoms with E-state index in [1.165, 1.54) is 23.5 Å². The maximum absolute atomic E-state index is 4.72. The third-order valence-electron chi connectivity index (χ3n) is 3.42. The zero-order valence-corrected chi connectivity index (χ0v) is 16.8. The Bertz CT molecular complexity index is 403. The summed E-state index contributed by atoms with van der Waals surface area (Å²) >= 11 is 3.90. The number of thiophene rings is 1. The molecule has 120 valence electrons. The quantitative estimate of drug-likeness (QED) is 0.401. The van der Waals surface area contributed by atoms with Crippen molar-refractivity contribution < 1.29 is 0 Å². The highest BCUT2D eigenvalue weighted by atomic mass is 127. The Balaban J connectivity index is 0.00000220. The number of rotatable bonds is 6. The summed E-state index contributed by atoms with van der Waals surface area (Å²) in [6.07, 6.45) is 2.70. The highest BCUT2D eigenvalue weighted by molar-refractivity contribution is 14.0. The summed E-state index contributed by atoms with van der Waals surface area (Å²) in [4.78, 5) is 6.14. The molecule has 0 aliphatic carbocycles. The van der Waals surface area contributed by atoms with E-state index >= 15 is 0 Å². The van der Waals surface area contributed by atoms with Crippen LogP contribution in [0.25, 0.3) is 0 Å². The third kappa shape index (κ3) is 6.78. The molecule has 2 rings (SSSR count). The van der Waals surface area contributed by atoms with Gasteiger partial charge in [0.05, 0.1) is 6.54 Å². The number of nitrogens with zero attached hydrogens (tertiary/aromatic N) is 1. The van der Waals surface area contributed by atoms with Gasteiger partial charge in [0.25, 0.3) is 0 Å². The van der Waals surface area contributed by atoms with E-state index in [1.54, 1.807) is 0 Å². The molecular formula is C15H26IN3S2. The van der Waals surface area contributed by atoms with Gasteiger partial charge in [-0.3, -0.25) is 4.99 Å². The van der Waals surface area contributed by atoms with Crippen molar-refractivity contribution in [1.29, 1.82) is 0 Å². The van der Waals surface area contributed by atoms with E-state index in [4.69, 9.17) is 4.99 Å². The monoisotopic (exact) mass is 439 g/mol. The molecule has 6 heteroatoms. The first-order valence-electron chi connectivity index (χ1n) is 7.46. The van der Waals surface area contributed by atoms with Crippen molar-refractivity contribution in [2.45, 2.75) is 37.9 Å². The van der Waals surface area contributed by atoms with Gasteiger partial charge in [0.1, 0.15) is 0 Å². The van der Waals surface area contributed by atoms with Crippen LogP contribution in [0.2, 0.25) is 0 Å². The fourth-order valence-electron chi connectivity index (χ4n) is 2.25. The molecule has 1 aliphatic rings. The van der Waals surface area contributed by atoms with Gasteiger partial charge in [-0.05, 0) is 37.0 Å². The number of nitrogens with one attached hydrogen (secondary N) is 2. The molecular weight excluding hydrogens is 413 g/mol. The third-order valence-corrected chi connectivity index (χ3v) is 5.92. The molecule has 0 aromatic carbocycles. The van der Waals surface area contributed by atoms with E-state index in [-0.39, 0.29) is 24.0 Å². The van der Waals surface area contributed by atoms with Crippen LogP contribution in [-0.4, -0.2) is 36.6 Å². The number of hydrogen-bond donors (Lipinski definition) is 2. The van der Waals surface area contributed by atoms with Gasteiger partial charge in [-0.2, -0.15) is 11.8 Å². The van der Waals surface area contributed by atoms with E-state index in [9.17, 15) is 0 Å². The number of guanidine groups is 1. The van der Waals surface area contributed by atoms with Crippen molar-refractivity contribution >= 4 is 53.0 Å². The number of hydrogen-bond acceptors (Lipinski definition) is 3. The first-order chi connectivity index (χ1) is 9.79. The van der Waals surface area contributed by atoms with Crippen LogP contribution >= 0.6 is 47.1 Å². The predicted molar refractivity (Wildman–Crippen MR) is 108 cm³/mol.